The van der Waals surface area contributed by atoms with Crippen LogP contribution in [0.3, 0.4) is 0 Å². The van der Waals surface area contributed by atoms with Gasteiger partial charge in [-0.3, -0.25) is 0 Å². The highest BCUT2D eigenvalue weighted by atomic mass is 16.6. The molecule has 2 aromatic rings. The summed E-state index contributed by atoms with van der Waals surface area (Å²) in [5.41, 5.74) is 6.27. The highest BCUT2D eigenvalue weighted by molar-refractivity contribution is 5.96. The molecule has 1 atom stereocenters. The Morgan fingerprint density at radius 2 is 1.97 bits per heavy atom. The summed E-state index contributed by atoms with van der Waals surface area (Å²) in [6, 6.07) is 7.15. The van der Waals surface area contributed by atoms with Crippen LogP contribution in [0.25, 0.3) is 0 Å². The topological polar surface area (TPSA) is 141 Å². The van der Waals surface area contributed by atoms with Crippen molar-refractivity contribution < 1.29 is 23.8 Å². The fourth-order valence-electron chi connectivity index (χ4n) is 3.69. The Balaban J connectivity index is 1.84. The van der Waals surface area contributed by atoms with Gasteiger partial charge in [0, 0.05) is 13.1 Å². The number of carbonyl (C=O) groups is 2. The first-order valence-electron chi connectivity index (χ1n) is 11.6. The lowest BCUT2D eigenvalue weighted by molar-refractivity contribution is 0.0234. The van der Waals surface area contributed by atoms with Gasteiger partial charge >= 0.3 is 12.1 Å². The fourth-order valence-corrected chi connectivity index (χ4v) is 3.69. The number of nitrogens with one attached hydrogen (secondary N) is 2. The van der Waals surface area contributed by atoms with Crippen LogP contribution >= 0.6 is 0 Å². The molecule has 35 heavy (non-hydrogen) atoms. The fraction of sp³-hybridized carbons (Fsp3) is 0.500. The molecule has 1 aromatic heterocycles. The van der Waals surface area contributed by atoms with Crippen LogP contribution in [0.4, 0.5) is 27.9 Å². The summed E-state index contributed by atoms with van der Waals surface area (Å²) < 4.78 is 16.0. The number of nitrogen functional groups attached to an aromatic ring is 1. The van der Waals surface area contributed by atoms with Crippen LogP contribution in [0, 0.1) is 0 Å². The Kier molecular flexibility index (Phi) is 8.21. The van der Waals surface area contributed by atoms with Crippen LogP contribution in [-0.4, -0.2) is 65.4 Å². The Labute approximate surface area is 205 Å². The molecule has 4 N–H and O–H groups in total. The van der Waals surface area contributed by atoms with Crippen molar-refractivity contribution in [1.29, 1.82) is 0 Å². The summed E-state index contributed by atoms with van der Waals surface area (Å²) in [5.74, 6) is 0.326. The van der Waals surface area contributed by atoms with Gasteiger partial charge in [0.2, 0.25) is 5.95 Å². The lowest BCUT2D eigenvalue weighted by Gasteiger charge is -2.28. The van der Waals surface area contributed by atoms with E-state index in [1.54, 1.807) is 31.1 Å². The molecule has 1 saturated heterocycles. The number of esters is 1. The molecule has 0 aliphatic carbocycles. The van der Waals surface area contributed by atoms with E-state index in [0.717, 1.165) is 12.8 Å². The first kappa shape index (κ1) is 25.9. The Morgan fingerprint density at radius 1 is 1.23 bits per heavy atom. The number of aromatic nitrogens is 2. The van der Waals surface area contributed by atoms with Gasteiger partial charge in [-0.2, -0.15) is 4.98 Å². The zero-order valence-corrected chi connectivity index (χ0v) is 20.9. The number of hydrogen-bond acceptors (Lipinski definition) is 10. The average molecular weight is 487 g/mol. The van der Waals surface area contributed by atoms with Crippen LogP contribution in [0.5, 0.6) is 5.75 Å². The van der Waals surface area contributed by atoms with Gasteiger partial charge in [-0.25, -0.2) is 14.6 Å². The van der Waals surface area contributed by atoms with Crippen LogP contribution in [-0.2, 0) is 9.47 Å². The van der Waals surface area contributed by atoms with E-state index in [9.17, 15) is 9.59 Å². The van der Waals surface area contributed by atoms with Gasteiger partial charge in [0.1, 0.15) is 17.0 Å². The SMILES string of the molecule is CCOC(=O)c1nc(NC[C@H]2CCCN2C(=O)OC(C)(C)C)nc(Nc2ccccc2OC)c1N. The minimum Gasteiger partial charge on any atom is -0.495 e. The number of rotatable bonds is 8. The highest BCUT2D eigenvalue weighted by Crippen LogP contribution is 2.31. The molecule has 1 aliphatic heterocycles. The molecule has 11 heteroatoms. The van der Waals surface area contributed by atoms with Crippen molar-refractivity contribution in [2.24, 2.45) is 0 Å². The highest BCUT2D eigenvalue weighted by Gasteiger charge is 2.32. The number of methoxy groups -OCH3 is 1. The monoisotopic (exact) mass is 486 g/mol. The van der Waals surface area contributed by atoms with Crippen molar-refractivity contribution >= 4 is 35.2 Å². The average Bonchev–Trinajstić information content (AvgIpc) is 3.27. The van der Waals surface area contributed by atoms with E-state index in [2.05, 4.69) is 20.6 Å². The van der Waals surface area contributed by atoms with Crippen LogP contribution in [0.1, 0.15) is 51.0 Å². The number of nitrogens with zero attached hydrogens (tertiary/aromatic N) is 3. The molecule has 0 radical (unpaired) electrons. The Hall–Kier alpha value is -3.76. The summed E-state index contributed by atoms with van der Waals surface area (Å²) in [6.45, 7) is 8.37. The number of ether oxygens (including phenoxy) is 3. The Bertz CT molecular complexity index is 1060. The first-order valence-corrected chi connectivity index (χ1v) is 11.6. The van der Waals surface area contributed by atoms with Crippen molar-refractivity contribution in [2.45, 2.75) is 52.2 Å². The Morgan fingerprint density at radius 3 is 2.66 bits per heavy atom. The van der Waals surface area contributed by atoms with Gasteiger partial charge < -0.3 is 35.5 Å². The summed E-state index contributed by atoms with van der Waals surface area (Å²) in [4.78, 5) is 35.6. The van der Waals surface area contributed by atoms with Crippen LogP contribution in [0.15, 0.2) is 24.3 Å². The lowest BCUT2D eigenvalue weighted by atomic mass is 10.2. The maximum atomic E-state index is 12.6. The number of para-hydroxylation sites is 2. The van der Waals surface area contributed by atoms with Crippen molar-refractivity contribution in [3.63, 3.8) is 0 Å². The van der Waals surface area contributed by atoms with Gasteiger partial charge in [-0.05, 0) is 52.7 Å². The third-order valence-corrected chi connectivity index (χ3v) is 5.28. The van der Waals surface area contributed by atoms with Crippen molar-refractivity contribution in [2.75, 3.05) is 43.2 Å². The third-order valence-electron chi connectivity index (χ3n) is 5.28. The first-order chi connectivity index (χ1) is 16.6. The third kappa shape index (κ3) is 6.65. The number of likely N-dealkylation sites (tertiary alicyclic amines) is 1. The molecule has 0 bridgehead atoms. The minimum absolute atomic E-state index is 0.0520. The van der Waals surface area contributed by atoms with E-state index in [-0.39, 0.29) is 41.9 Å². The number of nitrogens with two attached hydrogens (primary N) is 1. The molecular weight excluding hydrogens is 452 g/mol. The molecule has 1 aromatic carbocycles. The zero-order valence-electron chi connectivity index (χ0n) is 20.9. The second-order valence-corrected chi connectivity index (χ2v) is 9.05. The number of amides is 1. The predicted molar refractivity (Wildman–Crippen MR) is 133 cm³/mol. The number of carbonyl (C=O) groups excluding carboxylic acids is 2. The number of benzene rings is 1. The van der Waals surface area contributed by atoms with Gasteiger partial charge in [0.25, 0.3) is 0 Å². The normalized spacial score (nSPS) is 15.5. The van der Waals surface area contributed by atoms with Crippen molar-refractivity contribution in [3.05, 3.63) is 30.0 Å². The molecular formula is C24H34N6O5. The molecule has 0 unspecified atom stereocenters. The summed E-state index contributed by atoms with van der Waals surface area (Å²) in [7, 11) is 1.55. The standard InChI is InChI=1S/C24H34N6O5/c1-6-34-21(31)19-18(25)20(27-16-11-7-8-12-17(16)33-5)29-22(28-19)26-14-15-10-9-13-30(15)23(32)35-24(2,3)4/h7-8,11-12,15H,6,9-10,13-14,25H2,1-5H3,(H2,26,27,28,29)/t15-/m1/s1. The molecule has 11 nitrogen and oxygen atoms in total. The lowest BCUT2D eigenvalue weighted by Crippen LogP contribution is -2.42. The predicted octanol–water partition coefficient (Wildman–Crippen LogP) is 3.80. The molecule has 1 fully saturated rings. The molecule has 0 spiro atoms. The van der Waals surface area contributed by atoms with Gasteiger partial charge in [0.15, 0.2) is 11.5 Å². The quantitative estimate of drug-likeness (QED) is 0.472. The molecule has 2 heterocycles. The summed E-state index contributed by atoms with van der Waals surface area (Å²) in [5, 5.41) is 6.26. The van der Waals surface area contributed by atoms with E-state index in [0.29, 0.717) is 24.5 Å². The zero-order chi connectivity index (χ0) is 25.6. The second kappa shape index (κ2) is 11.1. The van der Waals surface area contributed by atoms with Crippen molar-refractivity contribution in [3.8, 4) is 5.75 Å². The summed E-state index contributed by atoms with van der Waals surface area (Å²) >= 11 is 0. The van der Waals surface area contributed by atoms with Gasteiger partial charge in [-0.1, -0.05) is 12.1 Å². The summed E-state index contributed by atoms with van der Waals surface area (Å²) in [6.07, 6.45) is 1.31. The van der Waals surface area contributed by atoms with E-state index < -0.39 is 11.6 Å². The molecule has 1 amide bonds. The minimum atomic E-state index is -0.658. The maximum absolute atomic E-state index is 12.6. The number of anilines is 4. The second-order valence-electron chi connectivity index (χ2n) is 9.05. The molecule has 0 saturated carbocycles. The molecule has 1 aliphatic rings. The smallest absolute Gasteiger partial charge is 0.410 e. The van der Waals surface area contributed by atoms with Gasteiger partial charge in [-0.15, -0.1) is 0 Å². The molecule has 190 valence electrons. The van der Waals surface area contributed by atoms with Gasteiger partial charge in [0.05, 0.1) is 25.4 Å². The van der Waals surface area contributed by atoms with E-state index in [4.69, 9.17) is 19.9 Å². The van der Waals surface area contributed by atoms with E-state index in [1.807, 2.05) is 32.9 Å². The number of hydrogen-bond donors (Lipinski definition) is 3. The van der Waals surface area contributed by atoms with Crippen LogP contribution < -0.4 is 21.1 Å². The largest absolute Gasteiger partial charge is 0.495 e. The van der Waals surface area contributed by atoms with Crippen LogP contribution in [0.2, 0.25) is 0 Å². The molecule has 3 rings (SSSR count). The van der Waals surface area contributed by atoms with Crippen molar-refractivity contribution in [1.82, 2.24) is 14.9 Å². The maximum Gasteiger partial charge on any atom is 0.410 e. The van der Waals surface area contributed by atoms with E-state index >= 15 is 0 Å². The van der Waals surface area contributed by atoms with E-state index in [1.165, 1.54) is 0 Å².